The quantitative estimate of drug-likeness (QED) is 0.645. The summed E-state index contributed by atoms with van der Waals surface area (Å²) in [5.74, 6) is -2.13. The average molecular weight is 332 g/mol. The largest absolute Gasteiger partial charge is 0.480 e. The number of aryl methyl sites for hydroxylation is 2. The number of hydrogen-bond donors (Lipinski definition) is 4. The van der Waals surface area contributed by atoms with Gasteiger partial charge in [0.25, 0.3) is 0 Å². The first kappa shape index (κ1) is 19.2. The lowest BCUT2D eigenvalue weighted by atomic mass is 10.1. The van der Waals surface area contributed by atoms with Gasteiger partial charge in [-0.1, -0.05) is 6.07 Å². The van der Waals surface area contributed by atoms with Gasteiger partial charge < -0.3 is 21.7 Å². The van der Waals surface area contributed by atoms with Crippen LogP contribution in [0, 0.1) is 13.8 Å². The summed E-state index contributed by atoms with van der Waals surface area (Å²) in [5, 5.41) is 17.1. The van der Waals surface area contributed by atoms with E-state index >= 15 is 0 Å². The minimum atomic E-state index is -1.06. The third-order valence-corrected chi connectivity index (χ3v) is 3.04. The van der Waals surface area contributed by atoms with Crippen LogP contribution in [0.2, 0.25) is 0 Å². The van der Waals surface area contributed by atoms with E-state index in [0.717, 1.165) is 11.1 Å². The number of pyridine rings is 2. The first-order valence-electron chi connectivity index (χ1n) is 7.04. The van der Waals surface area contributed by atoms with Gasteiger partial charge in [0.1, 0.15) is 12.1 Å². The zero-order chi connectivity index (χ0) is 18.3. The molecule has 0 aliphatic rings. The van der Waals surface area contributed by atoms with Crippen LogP contribution in [0.1, 0.15) is 34.6 Å². The molecule has 0 spiro atoms. The zero-order valence-corrected chi connectivity index (χ0v) is 13.4. The molecule has 0 amide bonds. The number of carboxylic acid groups (broad SMARTS) is 2. The Kier molecular flexibility index (Phi) is 6.97. The summed E-state index contributed by atoms with van der Waals surface area (Å²) in [4.78, 5) is 28.6. The number of aliphatic carboxylic acids is 2. The molecule has 0 radical (unpaired) electrons. The number of hydrogen-bond acceptors (Lipinski definition) is 6. The van der Waals surface area contributed by atoms with Crippen LogP contribution in [0.5, 0.6) is 0 Å². The second-order valence-electron chi connectivity index (χ2n) is 5.15. The average Bonchev–Trinajstić information content (AvgIpc) is 2.54. The van der Waals surface area contributed by atoms with E-state index in [1.165, 1.54) is 0 Å². The van der Waals surface area contributed by atoms with Gasteiger partial charge in [0.15, 0.2) is 0 Å². The number of rotatable bonds is 4. The van der Waals surface area contributed by atoms with Gasteiger partial charge in [-0.15, -0.1) is 0 Å². The van der Waals surface area contributed by atoms with Gasteiger partial charge in [-0.3, -0.25) is 19.6 Å². The summed E-state index contributed by atoms with van der Waals surface area (Å²) >= 11 is 0. The van der Waals surface area contributed by atoms with Crippen molar-refractivity contribution in [2.45, 2.75) is 25.9 Å². The molecule has 8 heteroatoms. The Morgan fingerprint density at radius 2 is 1.50 bits per heavy atom. The predicted molar refractivity (Wildman–Crippen MR) is 87.1 cm³/mol. The Hall–Kier alpha value is -2.84. The van der Waals surface area contributed by atoms with Crippen LogP contribution < -0.4 is 11.5 Å². The molecule has 8 nitrogen and oxygen atoms in total. The minimum absolute atomic E-state index is 0.383. The van der Waals surface area contributed by atoms with Crippen LogP contribution in [-0.2, 0) is 9.59 Å². The van der Waals surface area contributed by atoms with E-state index in [1.807, 2.05) is 13.8 Å². The molecule has 128 valence electrons. The van der Waals surface area contributed by atoms with Crippen molar-refractivity contribution in [3.63, 3.8) is 0 Å². The lowest BCUT2D eigenvalue weighted by molar-refractivity contribution is -0.139. The van der Waals surface area contributed by atoms with Gasteiger partial charge >= 0.3 is 11.9 Å². The highest BCUT2D eigenvalue weighted by atomic mass is 16.4. The van der Waals surface area contributed by atoms with Gasteiger partial charge in [0, 0.05) is 12.4 Å². The summed E-state index contributed by atoms with van der Waals surface area (Å²) in [6.45, 7) is 3.74. The first-order chi connectivity index (χ1) is 11.2. The third kappa shape index (κ3) is 5.75. The minimum Gasteiger partial charge on any atom is -0.480 e. The lowest BCUT2D eigenvalue weighted by Crippen LogP contribution is -2.21. The molecule has 0 bridgehead atoms. The molecule has 0 saturated carbocycles. The fourth-order valence-electron chi connectivity index (χ4n) is 1.65. The number of carbonyl (C=O) groups is 2. The summed E-state index contributed by atoms with van der Waals surface area (Å²) in [6, 6.07) is 4.81. The van der Waals surface area contributed by atoms with Crippen molar-refractivity contribution in [1.82, 2.24) is 9.97 Å². The molecule has 0 aliphatic heterocycles. The molecule has 2 aromatic heterocycles. The Morgan fingerprint density at radius 1 is 0.917 bits per heavy atom. The molecule has 2 unspecified atom stereocenters. The summed E-state index contributed by atoms with van der Waals surface area (Å²) in [5.41, 5.74) is 13.4. The molecule has 0 saturated heterocycles. The molecular weight excluding hydrogens is 312 g/mol. The second-order valence-corrected chi connectivity index (χ2v) is 5.15. The van der Waals surface area contributed by atoms with Gasteiger partial charge in [0.2, 0.25) is 0 Å². The van der Waals surface area contributed by atoms with Crippen molar-refractivity contribution in [2.24, 2.45) is 11.5 Å². The maximum Gasteiger partial charge on any atom is 0.326 e. The van der Waals surface area contributed by atoms with Crippen LogP contribution in [-0.4, -0.2) is 32.1 Å². The molecule has 0 fully saturated rings. The predicted octanol–water partition coefficient (Wildman–Crippen LogP) is 0.949. The molecule has 24 heavy (non-hydrogen) atoms. The standard InChI is InChI=1S/2C8H10N2O2/c1-5-2-3-10-6(4-5)7(9)8(11)12;1-5-2-3-6(10-4-5)7(9)8(11)12/h2*2-4,7H,9H2,1H3,(H,11,12). The van der Waals surface area contributed by atoms with E-state index in [-0.39, 0.29) is 0 Å². The Bertz CT molecular complexity index is 703. The van der Waals surface area contributed by atoms with E-state index in [9.17, 15) is 9.59 Å². The molecule has 0 aromatic carbocycles. The molecular formula is C16H20N4O4. The van der Waals surface area contributed by atoms with Crippen molar-refractivity contribution >= 4 is 11.9 Å². The van der Waals surface area contributed by atoms with Crippen LogP contribution in [0.4, 0.5) is 0 Å². The third-order valence-electron chi connectivity index (χ3n) is 3.04. The topological polar surface area (TPSA) is 152 Å². The summed E-state index contributed by atoms with van der Waals surface area (Å²) in [6.07, 6.45) is 3.14. The summed E-state index contributed by atoms with van der Waals surface area (Å²) < 4.78 is 0. The Balaban J connectivity index is 0.000000240. The van der Waals surface area contributed by atoms with E-state index in [4.69, 9.17) is 21.7 Å². The Morgan fingerprint density at radius 3 is 1.96 bits per heavy atom. The van der Waals surface area contributed by atoms with Crippen molar-refractivity contribution in [3.8, 4) is 0 Å². The van der Waals surface area contributed by atoms with E-state index in [1.54, 1.807) is 36.7 Å². The van der Waals surface area contributed by atoms with Gasteiger partial charge in [-0.2, -0.15) is 0 Å². The van der Waals surface area contributed by atoms with E-state index in [2.05, 4.69) is 9.97 Å². The highest BCUT2D eigenvalue weighted by Gasteiger charge is 2.15. The fraction of sp³-hybridized carbons (Fsp3) is 0.250. The van der Waals surface area contributed by atoms with Crippen LogP contribution in [0.15, 0.2) is 36.7 Å². The second kappa shape index (κ2) is 8.70. The van der Waals surface area contributed by atoms with Crippen LogP contribution in [0.25, 0.3) is 0 Å². The highest BCUT2D eigenvalue weighted by Crippen LogP contribution is 2.08. The fourth-order valence-corrected chi connectivity index (χ4v) is 1.65. The van der Waals surface area contributed by atoms with Crippen molar-refractivity contribution in [2.75, 3.05) is 0 Å². The van der Waals surface area contributed by atoms with Crippen LogP contribution in [0.3, 0.4) is 0 Å². The Labute approximate surface area is 139 Å². The number of nitrogens with two attached hydrogens (primary N) is 2. The van der Waals surface area contributed by atoms with Gasteiger partial charge in [0.05, 0.1) is 11.4 Å². The SMILES string of the molecule is Cc1ccc(C(N)C(=O)O)nc1.Cc1ccnc(C(N)C(=O)O)c1. The van der Waals surface area contributed by atoms with Crippen molar-refractivity contribution in [1.29, 1.82) is 0 Å². The van der Waals surface area contributed by atoms with E-state index in [0.29, 0.717) is 11.4 Å². The van der Waals surface area contributed by atoms with Crippen LogP contribution >= 0.6 is 0 Å². The normalized spacial score (nSPS) is 12.5. The number of nitrogens with zero attached hydrogens (tertiary/aromatic N) is 2. The number of carboxylic acids is 2. The molecule has 2 atom stereocenters. The molecule has 2 heterocycles. The first-order valence-corrected chi connectivity index (χ1v) is 7.04. The molecule has 2 rings (SSSR count). The van der Waals surface area contributed by atoms with Crippen molar-refractivity contribution < 1.29 is 19.8 Å². The molecule has 0 aliphatic carbocycles. The van der Waals surface area contributed by atoms with E-state index < -0.39 is 24.0 Å². The monoisotopic (exact) mass is 332 g/mol. The lowest BCUT2D eigenvalue weighted by Gasteiger charge is -2.05. The highest BCUT2D eigenvalue weighted by molar-refractivity contribution is 5.74. The maximum absolute atomic E-state index is 10.4. The number of aromatic nitrogens is 2. The van der Waals surface area contributed by atoms with Gasteiger partial charge in [-0.25, -0.2) is 0 Å². The van der Waals surface area contributed by atoms with Crippen molar-refractivity contribution in [3.05, 3.63) is 59.2 Å². The molecule has 2 aromatic rings. The van der Waals surface area contributed by atoms with Gasteiger partial charge in [-0.05, 0) is 43.2 Å². The molecule has 6 N–H and O–H groups in total. The smallest absolute Gasteiger partial charge is 0.326 e. The zero-order valence-electron chi connectivity index (χ0n) is 13.4. The summed E-state index contributed by atoms with van der Waals surface area (Å²) in [7, 11) is 0. The maximum atomic E-state index is 10.4.